The molecule has 7 heteroatoms. The second-order valence-corrected chi connectivity index (χ2v) is 8.67. The molecule has 1 saturated heterocycles. The molecule has 3 aromatic rings. The minimum absolute atomic E-state index is 0.215. The molecule has 2 atom stereocenters. The fourth-order valence-corrected chi connectivity index (χ4v) is 4.92. The van der Waals surface area contributed by atoms with Gasteiger partial charge in [-0.3, -0.25) is 9.05 Å². The molecule has 2 N–H and O–H groups in total. The van der Waals surface area contributed by atoms with Crippen molar-refractivity contribution < 1.29 is 23.5 Å². The van der Waals surface area contributed by atoms with Crippen molar-refractivity contribution in [2.24, 2.45) is 0 Å². The van der Waals surface area contributed by atoms with E-state index in [1.165, 1.54) is 0 Å². The van der Waals surface area contributed by atoms with Crippen molar-refractivity contribution in [3.8, 4) is 0 Å². The van der Waals surface area contributed by atoms with E-state index >= 15 is 0 Å². The van der Waals surface area contributed by atoms with Crippen LogP contribution in [-0.2, 0) is 24.0 Å². The second-order valence-electron chi connectivity index (χ2n) is 6.89. The first-order valence-corrected chi connectivity index (χ1v) is 11.3. The van der Waals surface area contributed by atoms with Gasteiger partial charge in [-0.1, -0.05) is 91.0 Å². The fraction of sp³-hybridized carbons (Fsp3) is 0.217. The summed E-state index contributed by atoms with van der Waals surface area (Å²) in [5.74, 6) is 0. The Morgan fingerprint density at radius 2 is 1.37 bits per heavy atom. The lowest BCUT2D eigenvalue weighted by molar-refractivity contribution is -0.115. The predicted molar refractivity (Wildman–Crippen MR) is 114 cm³/mol. The van der Waals surface area contributed by atoms with E-state index in [0.29, 0.717) is 6.54 Å². The van der Waals surface area contributed by atoms with E-state index in [1.54, 1.807) is 0 Å². The van der Waals surface area contributed by atoms with E-state index in [1.807, 2.05) is 91.0 Å². The molecule has 0 spiro atoms. The van der Waals surface area contributed by atoms with Gasteiger partial charge in [0.15, 0.2) is 6.29 Å². The highest BCUT2D eigenvalue weighted by molar-refractivity contribution is 7.51. The molecule has 0 saturated carbocycles. The van der Waals surface area contributed by atoms with E-state index in [9.17, 15) is 9.67 Å². The zero-order valence-corrected chi connectivity index (χ0v) is 17.3. The number of rotatable bonds is 8. The van der Waals surface area contributed by atoms with Crippen molar-refractivity contribution in [3.63, 3.8) is 0 Å². The molecule has 156 valence electrons. The van der Waals surface area contributed by atoms with E-state index in [0.717, 1.165) is 16.7 Å². The molecule has 0 bridgehead atoms. The van der Waals surface area contributed by atoms with Gasteiger partial charge in [-0.05, 0) is 16.7 Å². The summed E-state index contributed by atoms with van der Waals surface area (Å²) in [5.41, 5.74) is 1.71. The quantitative estimate of drug-likeness (QED) is 0.322. The maximum absolute atomic E-state index is 12.4. The molecule has 2 unspecified atom stereocenters. The minimum Gasteiger partial charge on any atom is -0.366 e. The van der Waals surface area contributed by atoms with E-state index in [4.69, 9.17) is 13.8 Å². The Hall–Kier alpha value is -2.31. The van der Waals surface area contributed by atoms with Crippen LogP contribution in [0.4, 0.5) is 0 Å². The van der Waals surface area contributed by atoms with Crippen LogP contribution in [-0.4, -0.2) is 31.2 Å². The highest BCUT2D eigenvalue weighted by atomic mass is 31.2. The molecule has 1 aliphatic rings. The highest BCUT2D eigenvalue weighted by Crippen LogP contribution is 2.48. The summed E-state index contributed by atoms with van der Waals surface area (Å²) in [7, 11) is -3.50. The molecule has 3 aromatic carbocycles. The van der Waals surface area contributed by atoms with Crippen LogP contribution in [0.15, 0.2) is 91.0 Å². The Kier molecular flexibility index (Phi) is 6.44. The monoisotopic (exact) mass is 425 g/mol. The van der Waals surface area contributed by atoms with Crippen LogP contribution >= 0.6 is 7.75 Å². The normalized spacial score (nSPS) is 20.2. The number of aliphatic hydroxyl groups is 1. The lowest BCUT2D eigenvalue weighted by atomic mass is 9.80. The number of nitrogens with one attached hydrogen (secondary N) is 1. The molecule has 1 fully saturated rings. The zero-order valence-electron chi connectivity index (χ0n) is 16.4. The lowest BCUT2D eigenvalue weighted by Crippen LogP contribution is -2.36. The first-order valence-electron chi connectivity index (χ1n) is 9.79. The van der Waals surface area contributed by atoms with Crippen molar-refractivity contribution in [1.82, 2.24) is 5.09 Å². The van der Waals surface area contributed by atoms with Crippen LogP contribution in [0.3, 0.4) is 0 Å². The van der Waals surface area contributed by atoms with Gasteiger partial charge in [0.1, 0.15) is 12.2 Å². The smallest absolute Gasteiger partial charge is 0.366 e. The van der Waals surface area contributed by atoms with Gasteiger partial charge in [-0.25, -0.2) is 9.65 Å². The SMILES string of the molecule is O=P1(OC(O)COC(c2ccccc2)(c2ccccc2)c2ccccc2)NCCO1. The maximum Gasteiger partial charge on any atom is 0.408 e. The molecule has 0 radical (unpaired) electrons. The highest BCUT2D eigenvalue weighted by Gasteiger charge is 2.39. The molecular formula is C23H24NO5P. The van der Waals surface area contributed by atoms with Crippen LogP contribution in [0.25, 0.3) is 0 Å². The summed E-state index contributed by atoms with van der Waals surface area (Å²) >= 11 is 0. The summed E-state index contributed by atoms with van der Waals surface area (Å²) in [6.45, 7) is 0.466. The predicted octanol–water partition coefficient (Wildman–Crippen LogP) is 4.06. The van der Waals surface area contributed by atoms with Crippen LogP contribution in [0, 0.1) is 0 Å². The fourth-order valence-electron chi connectivity index (χ4n) is 3.62. The van der Waals surface area contributed by atoms with Crippen LogP contribution < -0.4 is 5.09 Å². The molecule has 6 nitrogen and oxygen atoms in total. The number of aliphatic hydroxyl groups excluding tert-OH is 1. The molecule has 30 heavy (non-hydrogen) atoms. The van der Waals surface area contributed by atoms with E-state index in [-0.39, 0.29) is 13.2 Å². The van der Waals surface area contributed by atoms with Crippen LogP contribution in [0.5, 0.6) is 0 Å². The summed E-state index contributed by atoms with van der Waals surface area (Å²) < 4.78 is 29.2. The van der Waals surface area contributed by atoms with Gasteiger partial charge in [0.2, 0.25) is 0 Å². The van der Waals surface area contributed by atoms with Crippen LogP contribution in [0.2, 0.25) is 0 Å². The largest absolute Gasteiger partial charge is 0.408 e. The van der Waals surface area contributed by atoms with Crippen LogP contribution in [0.1, 0.15) is 16.7 Å². The van der Waals surface area contributed by atoms with E-state index < -0.39 is 19.6 Å². The molecular weight excluding hydrogens is 401 g/mol. The molecule has 0 amide bonds. The third-order valence-electron chi connectivity index (χ3n) is 4.91. The number of benzene rings is 3. The lowest BCUT2D eigenvalue weighted by Gasteiger charge is -2.36. The van der Waals surface area contributed by atoms with Crippen molar-refractivity contribution in [1.29, 1.82) is 0 Å². The summed E-state index contributed by atoms with van der Waals surface area (Å²) in [6, 6.07) is 29.4. The first-order chi connectivity index (χ1) is 14.6. The molecule has 0 aromatic heterocycles. The number of ether oxygens (including phenoxy) is 1. The standard InChI is InChI=1S/C23H24NO5P/c25-22(29-30(26)24-16-17-28-30)18-27-23(19-10-4-1-5-11-19,20-12-6-2-7-13-20)21-14-8-3-9-15-21/h1-15,22,25H,16-18H2,(H,24,26). The Morgan fingerprint density at radius 3 is 1.77 bits per heavy atom. The van der Waals surface area contributed by atoms with Crippen molar-refractivity contribution in [3.05, 3.63) is 108 Å². The molecule has 1 aliphatic heterocycles. The Morgan fingerprint density at radius 1 is 0.900 bits per heavy atom. The first kappa shape index (κ1) is 20.9. The van der Waals surface area contributed by atoms with Crippen molar-refractivity contribution in [2.45, 2.75) is 11.9 Å². The summed E-state index contributed by atoms with van der Waals surface area (Å²) in [4.78, 5) is 0. The minimum atomic E-state index is -3.50. The maximum atomic E-state index is 12.4. The molecule has 1 heterocycles. The van der Waals surface area contributed by atoms with Gasteiger partial charge in [-0.15, -0.1) is 0 Å². The second kappa shape index (κ2) is 9.23. The summed E-state index contributed by atoms with van der Waals surface area (Å²) in [6.07, 6.45) is -1.43. The Balaban J connectivity index is 1.72. The molecule has 4 rings (SSSR count). The topological polar surface area (TPSA) is 77.0 Å². The average molecular weight is 425 g/mol. The number of hydrogen-bond donors (Lipinski definition) is 2. The van der Waals surface area contributed by atoms with Gasteiger partial charge in [0.25, 0.3) is 0 Å². The van der Waals surface area contributed by atoms with Crippen molar-refractivity contribution >= 4 is 7.75 Å². The van der Waals surface area contributed by atoms with Gasteiger partial charge in [0, 0.05) is 6.54 Å². The third-order valence-corrected chi connectivity index (χ3v) is 6.57. The van der Waals surface area contributed by atoms with Gasteiger partial charge < -0.3 is 9.84 Å². The number of hydrogen-bond acceptors (Lipinski definition) is 5. The zero-order chi connectivity index (χ0) is 20.9. The van der Waals surface area contributed by atoms with Gasteiger partial charge >= 0.3 is 7.75 Å². The average Bonchev–Trinajstić information content (AvgIpc) is 3.22. The van der Waals surface area contributed by atoms with Crippen molar-refractivity contribution in [2.75, 3.05) is 19.8 Å². The molecule has 0 aliphatic carbocycles. The van der Waals surface area contributed by atoms with Gasteiger partial charge in [0.05, 0.1) is 6.61 Å². The Bertz CT molecular complexity index is 878. The third kappa shape index (κ3) is 4.40. The summed E-state index contributed by atoms with van der Waals surface area (Å²) in [5, 5.41) is 13.1. The Labute approximate surface area is 176 Å². The van der Waals surface area contributed by atoms with E-state index in [2.05, 4.69) is 5.09 Å². The van der Waals surface area contributed by atoms with Gasteiger partial charge in [-0.2, -0.15) is 0 Å².